The summed E-state index contributed by atoms with van der Waals surface area (Å²) < 4.78 is 10.5. The number of amides is 1. The van der Waals surface area contributed by atoms with Crippen molar-refractivity contribution in [1.29, 1.82) is 0 Å². The van der Waals surface area contributed by atoms with Gasteiger partial charge in [0.25, 0.3) is 0 Å². The van der Waals surface area contributed by atoms with Gasteiger partial charge in [0.1, 0.15) is 11.1 Å². The Morgan fingerprint density at radius 2 is 2.13 bits per heavy atom. The molecule has 1 aromatic heterocycles. The van der Waals surface area contributed by atoms with Crippen molar-refractivity contribution in [1.82, 2.24) is 9.88 Å². The van der Waals surface area contributed by atoms with Crippen molar-refractivity contribution in [3.05, 3.63) is 16.1 Å². The molecule has 1 fully saturated rings. The van der Waals surface area contributed by atoms with E-state index >= 15 is 0 Å². The summed E-state index contributed by atoms with van der Waals surface area (Å²) in [6.45, 7) is 7.84. The summed E-state index contributed by atoms with van der Waals surface area (Å²) in [5, 5.41) is 0.932. The van der Waals surface area contributed by atoms with Crippen LogP contribution in [0.2, 0.25) is 0 Å². The van der Waals surface area contributed by atoms with Crippen LogP contribution in [0.25, 0.3) is 0 Å². The van der Waals surface area contributed by atoms with E-state index in [0.29, 0.717) is 19.4 Å². The Balaban J connectivity index is 2.32. The zero-order valence-electron chi connectivity index (χ0n) is 14.3. The minimum Gasteiger partial charge on any atom is -0.467 e. The molecule has 1 atom stereocenters. The minimum atomic E-state index is -1.00. The van der Waals surface area contributed by atoms with Crippen LogP contribution < -0.4 is 0 Å². The molecule has 0 radical (unpaired) electrons. The van der Waals surface area contributed by atoms with Gasteiger partial charge in [-0.05, 0) is 40.5 Å². The zero-order chi connectivity index (χ0) is 17.3. The molecule has 1 aliphatic heterocycles. The second kappa shape index (κ2) is 6.47. The van der Waals surface area contributed by atoms with Gasteiger partial charge in [-0.3, -0.25) is 4.90 Å². The highest BCUT2D eigenvalue weighted by Crippen LogP contribution is 2.36. The number of rotatable bonds is 3. The molecule has 6 nitrogen and oxygen atoms in total. The fourth-order valence-electron chi connectivity index (χ4n) is 2.90. The standard InChI is InChI=1S/C16H24N2O4S/c1-11-17-10-12(23-11)9-16(13(19)21-5)7-6-8-18(16)14(20)22-15(2,3)4/h10H,6-9H2,1-5H3. The predicted octanol–water partition coefficient (Wildman–Crippen LogP) is 2.94. The van der Waals surface area contributed by atoms with Crippen LogP contribution in [-0.4, -0.2) is 46.7 Å². The molecule has 7 heteroatoms. The highest BCUT2D eigenvalue weighted by molar-refractivity contribution is 7.11. The molecule has 0 N–H and O–H groups in total. The SMILES string of the molecule is COC(=O)C1(Cc2cnc(C)s2)CCCN1C(=O)OC(C)(C)C. The number of hydrogen-bond donors (Lipinski definition) is 0. The number of nitrogens with zero attached hydrogens (tertiary/aromatic N) is 2. The maximum Gasteiger partial charge on any atom is 0.411 e. The molecule has 1 aliphatic rings. The van der Waals surface area contributed by atoms with Crippen molar-refractivity contribution in [3.63, 3.8) is 0 Å². The lowest BCUT2D eigenvalue weighted by atomic mass is 9.91. The van der Waals surface area contributed by atoms with E-state index in [2.05, 4.69) is 4.98 Å². The number of ether oxygens (including phenoxy) is 2. The molecule has 0 aromatic carbocycles. The average molecular weight is 340 g/mol. The highest BCUT2D eigenvalue weighted by Gasteiger charge is 2.52. The lowest BCUT2D eigenvalue weighted by Gasteiger charge is -2.36. The largest absolute Gasteiger partial charge is 0.467 e. The van der Waals surface area contributed by atoms with E-state index in [4.69, 9.17) is 9.47 Å². The molecular weight excluding hydrogens is 316 g/mol. The molecule has 1 amide bonds. The van der Waals surface area contributed by atoms with Gasteiger partial charge in [-0.1, -0.05) is 0 Å². The Hall–Kier alpha value is -1.63. The maximum atomic E-state index is 12.6. The Labute approximate surface area is 140 Å². The van der Waals surface area contributed by atoms with Crippen LogP contribution in [-0.2, 0) is 20.7 Å². The minimum absolute atomic E-state index is 0.396. The van der Waals surface area contributed by atoms with Crippen molar-refractivity contribution >= 4 is 23.4 Å². The van der Waals surface area contributed by atoms with Crippen LogP contribution in [0.3, 0.4) is 0 Å². The van der Waals surface area contributed by atoms with Crippen molar-refractivity contribution in [2.45, 2.75) is 58.1 Å². The highest BCUT2D eigenvalue weighted by atomic mass is 32.1. The first-order valence-electron chi connectivity index (χ1n) is 7.68. The number of aromatic nitrogens is 1. The number of carbonyl (C=O) groups excluding carboxylic acids is 2. The summed E-state index contributed by atoms with van der Waals surface area (Å²) in [7, 11) is 1.35. The van der Waals surface area contributed by atoms with E-state index in [1.54, 1.807) is 6.20 Å². The first kappa shape index (κ1) is 17.7. The summed E-state index contributed by atoms with van der Waals surface area (Å²) in [5.74, 6) is -0.396. The Morgan fingerprint density at radius 3 is 2.65 bits per heavy atom. The molecule has 1 saturated heterocycles. The lowest BCUT2D eigenvalue weighted by Crippen LogP contribution is -2.56. The number of hydrogen-bond acceptors (Lipinski definition) is 6. The Bertz CT molecular complexity index is 593. The predicted molar refractivity (Wildman–Crippen MR) is 87.5 cm³/mol. The fraction of sp³-hybridized carbons (Fsp3) is 0.688. The molecule has 2 heterocycles. The summed E-state index contributed by atoms with van der Waals surface area (Å²) in [5.41, 5.74) is -1.61. The number of thiazole rings is 1. The number of likely N-dealkylation sites (tertiary alicyclic amines) is 1. The van der Waals surface area contributed by atoms with E-state index in [9.17, 15) is 9.59 Å². The summed E-state index contributed by atoms with van der Waals surface area (Å²) in [6, 6.07) is 0. The van der Waals surface area contributed by atoms with E-state index < -0.39 is 23.2 Å². The molecule has 0 spiro atoms. The van der Waals surface area contributed by atoms with Gasteiger partial charge >= 0.3 is 12.1 Å². The first-order chi connectivity index (χ1) is 10.7. The van der Waals surface area contributed by atoms with Crippen LogP contribution >= 0.6 is 11.3 Å². The Kier molecular flexibility index (Phi) is 4.98. The first-order valence-corrected chi connectivity index (χ1v) is 8.50. The number of carbonyl (C=O) groups is 2. The lowest BCUT2D eigenvalue weighted by molar-refractivity contribution is -0.153. The number of aryl methyl sites for hydroxylation is 1. The van der Waals surface area contributed by atoms with Gasteiger partial charge in [-0.15, -0.1) is 11.3 Å². The van der Waals surface area contributed by atoms with Crippen molar-refractivity contribution in [2.75, 3.05) is 13.7 Å². The molecule has 23 heavy (non-hydrogen) atoms. The van der Waals surface area contributed by atoms with Gasteiger partial charge in [0.05, 0.1) is 12.1 Å². The van der Waals surface area contributed by atoms with Gasteiger partial charge < -0.3 is 9.47 Å². The summed E-state index contributed by atoms with van der Waals surface area (Å²) in [4.78, 5) is 31.8. The van der Waals surface area contributed by atoms with Crippen molar-refractivity contribution in [2.24, 2.45) is 0 Å². The van der Waals surface area contributed by atoms with Gasteiger partial charge in [0.2, 0.25) is 0 Å². The third-order valence-electron chi connectivity index (χ3n) is 3.80. The fourth-order valence-corrected chi connectivity index (χ4v) is 3.80. The van der Waals surface area contributed by atoms with Crippen LogP contribution in [0.5, 0.6) is 0 Å². The third kappa shape index (κ3) is 3.83. The smallest absolute Gasteiger partial charge is 0.411 e. The van der Waals surface area contributed by atoms with Crippen LogP contribution in [0.1, 0.15) is 43.5 Å². The topological polar surface area (TPSA) is 68.7 Å². The number of methoxy groups -OCH3 is 1. The molecule has 0 saturated carbocycles. The monoisotopic (exact) mass is 340 g/mol. The van der Waals surface area contributed by atoms with Gasteiger partial charge in [0, 0.05) is 24.0 Å². The summed E-state index contributed by atoms with van der Waals surface area (Å²) >= 11 is 1.53. The van der Waals surface area contributed by atoms with Gasteiger partial charge in [-0.2, -0.15) is 0 Å². The van der Waals surface area contributed by atoms with E-state index in [1.165, 1.54) is 23.3 Å². The average Bonchev–Trinajstić information content (AvgIpc) is 3.03. The molecule has 1 aromatic rings. The van der Waals surface area contributed by atoms with Gasteiger partial charge in [0.15, 0.2) is 0 Å². The molecule has 0 bridgehead atoms. The second-order valence-electron chi connectivity index (χ2n) is 6.78. The third-order valence-corrected chi connectivity index (χ3v) is 4.72. The van der Waals surface area contributed by atoms with Crippen molar-refractivity contribution in [3.8, 4) is 0 Å². The molecule has 128 valence electrons. The van der Waals surface area contributed by atoms with E-state index in [1.807, 2.05) is 27.7 Å². The number of esters is 1. The quantitative estimate of drug-likeness (QED) is 0.791. The molecule has 2 rings (SSSR count). The molecular formula is C16H24N2O4S. The zero-order valence-corrected chi connectivity index (χ0v) is 15.2. The van der Waals surface area contributed by atoms with E-state index in [0.717, 1.165) is 16.3 Å². The van der Waals surface area contributed by atoms with Gasteiger partial charge in [-0.25, -0.2) is 14.6 Å². The molecule has 0 aliphatic carbocycles. The Morgan fingerprint density at radius 1 is 1.43 bits per heavy atom. The normalized spacial score (nSPS) is 21.3. The molecule has 1 unspecified atom stereocenters. The second-order valence-corrected chi connectivity index (χ2v) is 8.10. The van der Waals surface area contributed by atoms with E-state index in [-0.39, 0.29) is 0 Å². The maximum absolute atomic E-state index is 12.6. The van der Waals surface area contributed by atoms with Crippen LogP contribution in [0.15, 0.2) is 6.20 Å². The van der Waals surface area contributed by atoms with Crippen LogP contribution in [0.4, 0.5) is 4.79 Å². The summed E-state index contributed by atoms with van der Waals surface area (Å²) in [6.07, 6.45) is 3.00. The van der Waals surface area contributed by atoms with Crippen molar-refractivity contribution < 1.29 is 19.1 Å². The van der Waals surface area contributed by atoms with Crippen LogP contribution in [0, 0.1) is 6.92 Å².